The molecule has 1 fully saturated rings. The van der Waals surface area contributed by atoms with Crippen molar-refractivity contribution in [1.82, 2.24) is 18.6 Å². The number of hydrogen-bond acceptors (Lipinski definition) is 5. The summed E-state index contributed by atoms with van der Waals surface area (Å²) < 4.78 is 27.6. The summed E-state index contributed by atoms with van der Waals surface area (Å²) in [4.78, 5) is 8.64. The van der Waals surface area contributed by atoms with Gasteiger partial charge in [-0.15, -0.1) is 0 Å². The number of hydrogen-bond donors (Lipinski definition) is 1. The summed E-state index contributed by atoms with van der Waals surface area (Å²) in [5.74, 6) is 1.79. The summed E-state index contributed by atoms with van der Waals surface area (Å²) in [5.41, 5.74) is 0.972. The molecule has 23 heavy (non-hydrogen) atoms. The van der Waals surface area contributed by atoms with Gasteiger partial charge in [0, 0.05) is 45.0 Å². The molecule has 0 radical (unpaired) electrons. The van der Waals surface area contributed by atoms with E-state index in [-0.39, 0.29) is 12.0 Å². The summed E-state index contributed by atoms with van der Waals surface area (Å²) >= 11 is 0. The molecule has 1 aromatic rings. The van der Waals surface area contributed by atoms with Crippen LogP contribution in [-0.4, -0.2) is 60.2 Å². The maximum atomic E-state index is 12.4. The Labute approximate surface area is 139 Å². The average Bonchev–Trinajstić information content (AvgIpc) is 2.87. The third-order valence-electron chi connectivity index (χ3n) is 4.27. The molecule has 130 valence electrons. The number of anilines is 1. The van der Waals surface area contributed by atoms with E-state index in [2.05, 4.69) is 22.2 Å². The minimum atomic E-state index is -3.38. The van der Waals surface area contributed by atoms with Gasteiger partial charge in [-0.05, 0) is 26.2 Å². The molecule has 8 heteroatoms. The highest BCUT2D eigenvalue weighted by atomic mass is 32.2. The van der Waals surface area contributed by atoms with E-state index in [0.717, 1.165) is 24.2 Å². The maximum Gasteiger partial charge on any atom is 0.281 e. The van der Waals surface area contributed by atoms with Gasteiger partial charge in [0.05, 0.1) is 0 Å². The van der Waals surface area contributed by atoms with Gasteiger partial charge in [0.2, 0.25) is 0 Å². The van der Waals surface area contributed by atoms with Gasteiger partial charge in [0.25, 0.3) is 10.2 Å². The Balaban J connectivity index is 2.20. The lowest BCUT2D eigenvalue weighted by Crippen LogP contribution is -2.39. The lowest BCUT2D eigenvalue weighted by atomic mass is 9.98. The molecule has 2 rings (SSSR count). The summed E-state index contributed by atoms with van der Waals surface area (Å²) in [6, 6.07) is 0.0673. The molecule has 0 aromatic carbocycles. The zero-order valence-corrected chi connectivity index (χ0v) is 15.4. The van der Waals surface area contributed by atoms with Crippen LogP contribution in [0.25, 0.3) is 0 Å². The van der Waals surface area contributed by atoms with Crippen LogP contribution in [-0.2, 0) is 10.2 Å². The topological polar surface area (TPSA) is 78.4 Å². The fourth-order valence-corrected chi connectivity index (χ4v) is 4.12. The van der Waals surface area contributed by atoms with Crippen LogP contribution in [0.3, 0.4) is 0 Å². The van der Waals surface area contributed by atoms with Crippen LogP contribution in [0, 0.1) is 19.8 Å². The van der Waals surface area contributed by atoms with E-state index in [9.17, 15) is 8.42 Å². The first-order valence-corrected chi connectivity index (χ1v) is 9.39. The third kappa shape index (κ3) is 3.99. The highest BCUT2D eigenvalue weighted by molar-refractivity contribution is 7.86. The van der Waals surface area contributed by atoms with Crippen molar-refractivity contribution >= 4 is 16.0 Å². The molecule has 1 N–H and O–H groups in total. The Bertz CT molecular complexity index is 647. The molecule has 0 spiro atoms. The molecule has 1 aromatic heterocycles. The zero-order chi connectivity index (χ0) is 17.2. The molecule has 0 saturated carbocycles. The predicted octanol–water partition coefficient (Wildman–Crippen LogP) is 1.41. The van der Waals surface area contributed by atoms with Crippen molar-refractivity contribution < 1.29 is 8.42 Å². The maximum absolute atomic E-state index is 12.4. The van der Waals surface area contributed by atoms with Crippen molar-refractivity contribution in [3.8, 4) is 0 Å². The molecular formula is C15H27N5O2S. The Morgan fingerprint density at radius 3 is 2.65 bits per heavy atom. The van der Waals surface area contributed by atoms with Gasteiger partial charge in [-0.25, -0.2) is 9.97 Å². The molecule has 2 heterocycles. The minimum absolute atomic E-state index is 0.0673. The molecule has 1 aliphatic rings. The quantitative estimate of drug-likeness (QED) is 0.846. The van der Waals surface area contributed by atoms with Crippen LogP contribution in [0.2, 0.25) is 0 Å². The van der Waals surface area contributed by atoms with Gasteiger partial charge in [0.15, 0.2) is 0 Å². The lowest BCUT2D eigenvalue weighted by molar-refractivity contribution is 0.404. The lowest BCUT2D eigenvalue weighted by Gasteiger charge is -2.21. The molecule has 0 bridgehead atoms. The van der Waals surface area contributed by atoms with Crippen molar-refractivity contribution in [1.29, 1.82) is 0 Å². The predicted molar refractivity (Wildman–Crippen MR) is 91.5 cm³/mol. The van der Waals surface area contributed by atoms with Gasteiger partial charge in [0.1, 0.15) is 11.6 Å². The van der Waals surface area contributed by atoms with E-state index in [4.69, 9.17) is 0 Å². The van der Waals surface area contributed by atoms with E-state index in [1.165, 1.54) is 4.31 Å². The van der Waals surface area contributed by atoms with Crippen LogP contribution in [0.15, 0.2) is 6.20 Å². The second kappa shape index (κ2) is 7.11. The Kier molecular flexibility index (Phi) is 5.59. The Hall–Kier alpha value is -1.25. The number of aromatic nitrogens is 2. The molecular weight excluding hydrogens is 314 g/mol. The first-order valence-electron chi connectivity index (χ1n) is 8.00. The van der Waals surface area contributed by atoms with Gasteiger partial charge < -0.3 is 5.32 Å². The minimum Gasteiger partial charge on any atom is -0.365 e. The van der Waals surface area contributed by atoms with E-state index < -0.39 is 10.2 Å². The SMILES string of the molecule is CCC[C@@H]1CN(S(=O)(=O)N(C)C)C[C@H]1Nc1nc(C)ncc1C. The summed E-state index contributed by atoms with van der Waals surface area (Å²) in [5, 5.41) is 3.45. The van der Waals surface area contributed by atoms with Crippen molar-refractivity contribution in [3.63, 3.8) is 0 Å². The third-order valence-corrected chi connectivity index (χ3v) is 6.14. The molecule has 7 nitrogen and oxygen atoms in total. The second-order valence-electron chi connectivity index (χ2n) is 6.36. The van der Waals surface area contributed by atoms with Crippen molar-refractivity contribution in [3.05, 3.63) is 17.6 Å². The highest BCUT2D eigenvalue weighted by Gasteiger charge is 2.39. The fourth-order valence-electron chi connectivity index (χ4n) is 2.93. The summed E-state index contributed by atoms with van der Waals surface area (Å²) in [6.07, 6.45) is 3.81. The van der Waals surface area contributed by atoms with E-state index >= 15 is 0 Å². The number of aryl methyl sites for hydroxylation is 2. The monoisotopic (exact) mass is 341 g/mol. The number of nitrogens with one attached hydrogen (secondary N) is 1. The van der Waals surface area contributed by atoms with Crippen LogP contribution in [0.1, 0.15) is 31.2 Å². The zero-order valence-electron chi connectivity index (χ0n) is 14.6. The van der Waals surface area contributed by atoms with Crippen LogP contribution in [0.5, 0.6) is 0 Å². The van der Waals surface area contributed by atoms with Gasteiger partial charge in [-0.1, -0.05) is 13.3 Å². The van der Waals surface area contributed by atoms with Gasteiger partial charge in [-0.3, -0.25) is 0 Å². The fraction of sp³-hybridized carbons (Fsp3) is 0.733. The smallest absolute Gasteiger partial charge is 0.281 e. The van der Waals surface area contributed by atoms with Crippen molar-refractivity contribution in [2.75, 3.05) is 32.5 Å². The van der Waals surface area contributed by atoms with Gasteiger partial charge >= 0.3 is 0 Å². The van der Waals surface area contributed by atoms with Crippen LogP contribution >= 0.6 is 0 Å². The van der Waals surface area contributed by atoms with E-state index in [1.807, 2.05) is 13.8 Å². The Morgan fingerprint density at radius 1 is 1.35 bits per heavy atom. The molecule has 1 saturated heterocycles. The van der Waals surface area contributed by atoms with Crippen LogP contribution in [0.4, 0.5) is 5.82 Å². The molecule has 1 aliphatic heterocycles. The van der Waals surface area contributed by atoms with E-state index in [1.54, 1.807) is 24.6 Å². The first kappa shape index (κ1) is 18.1. The normalized spacial score (nSPS) is 22.7. The highest BCUT2D eigenvalue weighted by Crippen LogP contribution is 2.27. The number of nitrogens with zero attached hydrogens (tertiary/aromatic N) is 4. The molecule has 2 atom stereocenters. The Morgan fingerprint density at radius 2 is 2.04 bits per heavy atom. The molecule has 0 unspecified atom stereocenters. The number of rotatable bonds is 6. The first-order chi connectivity index (χ1) is 10.8. The van der Waals surface area contributed by atoms with Crippen LogP contribution < -0.4 is 5.32 Å². The largest absolute Gasteiger partial charge is 0.365 e. The molecule has 0 aliphatic carbocycles. The standard InChI is InChI=1S/C15H27N5O2S/c1-6-7-13-9-20(23(21,22)19(4)5)10-14(13)18-15-11(2)8-16-12(3)17-15/h8,13-14H,6-7,9-10H2,1-5H3,(H,16,17,18)/t13-,14-/m1/s1. The van der Waals surface area contributed by atoms with Crippen molar-refractivity contribution in [2.24, 2.45) is 5.92 Å². The van der Waals surface area contributed by atoms with Crippen molar-refractivity contribution in [2.45, 2.75) is 39.7 Å². The average molecular weight is 341 g/mol. The van der Waals surface area contributed by atoms with Gasteiger partial charge in [-0.2, -0.15) is 17.0 Å². The molecule has 0 amide bonds. The second-order valence-corrected chi connectivity index (χ2v) is 8.50. The summed E-state index contributed by atoms with van der Waals surface area (Å²) in [6.45, 7) is 6.95. The summed E-state index contributed by atoms with van der Waals surface area (Å²) in [7, 11) is -0.233. The van der Waals surface area contributed by atoms with E-state index in [0.29, 0.717) is 18.9 Å².